The molecule has 0 amide bonds. The van der Waals surface area contributed by atoms with Gasteiger partial charge in [0.2, 0.25) is 0 Å². The molecule has 5 heteroatoms. The second-order valence-corrected chi connectivity index (χ2v) is 4.80. The maximum atomic E-state index is 8.85. The van der Waals surface area contributed by atoms with Gasteiger partial charge in [0.1, 0.15) is 5.82 Å². The molecule has 4 nitrogen and oxygen atoms in total. The van der Waals surface area contributed by atoms with Gasteiger partial charge in [0, 0.05) is 23.8 Å². The van der Waals surface area contributed by atoms with Gasteiger partial charge in [-0.2, -0.15) is 5.26 Å². The third-order valence-corrected chi connectivity index (χ3v) is 3.32. The summed E-state index contributed by atoms with van der Waals surface area (Å²) in [5.41, 5.74) is 8.51. The van der Waals surface area contributed by atoms with Crippen molar-refractivity contribution < 1.29 is 0 Å². The van der Waals surface area contributed by atoms with Crippen molar-refractivity contribution in [1.29, 1.82) is 5.26 Å². The number of pyridine rings is 1. The molecule has 1 aliphatic carbocycles. The minimum absolute atomic E-state index is 0. The van der Waals surface area contributed by atoms with Crippen LogP contribution in [-0.4, -0.2) is 11.0 Å². The number of benzene rings is 1. The molecule has 0 saturated heterocycles. The molecule has 1 aliphatic rings. The Labute approximate surface area is 124 Å². The van der Waals surface area contributed by atoms with Crippen LogP contribution >= 0.6 is 12.4 Å². The molecule has 0 unspecified atom stereocenters. The molecular weight excluding hydrogens is 272 g/mol. The van der Waals surface area contributed by atoms with Crippen LogP contribution in [0.5, 0.6) is 0 Å². The highest BCUT2D eigenvalue weighted by Gasteiger charge is 2.34. The van der Waals surface area contributed by atoms with Crippen LogP contribution in [0.4, 0.5) is 11.5 Å². The van der Waals surface area contributed by atoms with Gasteiger partial charge in [-0.3, -0.25) is 0 Å². The Bertz CT molecular complexity index is 633. The number of hydrogen-bond donors (Lipinski definition) is 2. The summed E-state index contributed by atoms with van der Waals surface area (Å²) in [6, 6.07) is 13.7. The first kappa shape index (κ1) is 14.3. The van der Waals surface area contributed by atoms with Gasteiger partial charge in [-0.1, -0.05) is 12.1 Å². The smallest absolute Gasteiger partial charge is 0.130 e. The average Bonchev–Trinajstić information content (AvgIpc) is 3.17. The number of halogens is 1. The lowest BCUT2D eigenvalue weighted by Crippen LogP contribution is -2.01. The van der Waals surface area contributed by atoms with Gasteiger partial charge in [0.05, 0.1) is 11.6 Å². The number of hydrogen-bond acceptors (Lipinski definition) is 4. The fourth-order valence-corrected chi connectivity index (χ4v) is 2.11. The van der Waals surface area contributed by atoms with Crippen LogP contribution in [0.2, 0.25) is 0 Å². The molecule has 20 heavy (non-hydrogen) atoms. The predicted molar refractivity (Wildman–Crippen MR) is 81.3 cm³/mol. The molecule has 0 aliphatic heterocycles. The Kier molecular flexibility index (Phi) is 4.23. The van der Waals surface area contributed by atoms with Gasteiger partial charge in [-0.05, 0) is 36.2 Å². The number of nitrogens with one attached hydrogen (secondary N) is 1. The minimum atomic E-state index is 0. The van der Waals surface area contributed by atoms with Gasteiger partial charge in [0.15, 0.2) is 0 Å². The third kappa shape index (κ3) is 3.08. The Hall–Kier alpha value is -2.09. The third-order valence-electron chi connectivity index (χ3n) is 3.32. The highest BCUT2D eigenvalue weighted by molar-refractivity contribution is 5.85. The van der Waals surface area contributed by atoms with Gasteiger partial charge >= 0.3 is 0 Å². The number of nitrogens with two attached hydrogens (primary N) is 1. The molecule has 1 aromatic heterocycles. The average molecular weight is 287 g/mol. The summed E-state index contributed by atoms with van der Waals surface area (Å²) < 4.78 is 0. The zero-order chi connectivity index (χ0) is 13.2. The van der Waals surface area contributed by atoms with E-state index in [9.17, 15) is 0 Å². The Morgan fingerprint density at radius 2 is 2.10 bits per heavy atom. The van der Waals surface area contributed by atoms with Crippen LogP contribution in [0.3, 0.4) is 0 Å². The first-order valence-corrected chi connectivity index (χ1v) is 6.25. The topological polar surface area (TPSA) is 74.7 Å². The van der Waals surface area contributed by atoms with E-state index in [1.165, 1.54) is 5.56 Å². The molecule has 1 fully saturated rings. The second-order valence-electron chi connectivity index (χ2n) is 4.80. The lowest BCUT2D eigenvalue weighted by Gasteiger charge is -2.06. The summed E-state index contributed by atoms with van der Waals surface area (Å²) >= 11 is 0. The quantitative estimate of drug-likeness (QED) is 0.910. The summed E-state index contributed by atoms with van der Waals surface area (Å²) in [5, 5.41) is 12.0. The van der Waals surface area contributed by atoms with Crippen molar-refractivity contribution in [3.63, 3.8) is 0 Å². The molecule has 0 spiro atoms. The second kappa shape index (κ2) is 5.91. The normalized spacial score (nSPS) is 19.6. The van der Waals surface area contributed by atoms with Crippen LogP contribution in [0.15, 0.2) is 42.6 Å². The molecule has 1 saturated carbocycles. The minimum Gasteiger partial charge on any atom is -0.340 e. The van der Waals surface area contributed by atoms with E-state index in [4.69, 9.17) is 11.0 Å². The molecule has 102 valence electrons. The van der Waals surface area contributed by atoms with Crippen molar-refractivity contribution in [3.05, 3.63) is 53.7 Å². The predicted octanol–water partition coefficient (Wildman–Crippen LogP) is 2.93. The maximum absolute atomic E-state index is 8.85. The largest absolute Gasteiger partial charge is 0.340 e. The molecular formula is C15H15ClN4. The Balaban J connectivity index is 0.00000147. The van der Waals surface area contributed by atoms with Crippen molar-refractivity contribution in [2.24, 2.45) is 5.73 Å². The lowest BCUT2D eigenvalue weighted by molar-refractivity contribution is 0.981. The van der Waals surface area contributed by atoms with E-state index in [0.717, 1.165) is 17.9 Å². The fraction of sp³-hybridized carbons (Fsp3) is 0.200. The Morgan fingerprint density at radius 1 is 1.30 bits per heavy atom. The number of aromatic nitrogens is 1. The van der Waals surface area contributed by atoms with Crippen LogP contribution in [0, 0.1) is 11.3 Å². The summed E-state index contributed by atoms with van der Waals surface area (Å²) in [4.78, 5) is 4.38. The molecule has 0 radical (unpaired) electrons. The van der Waals surface area contributed by atoms with E-state index in [-0.39, 0.29) is 12.4 Å². The Morgan fingerprint density at radius 3 is 2.70 bits per heavy atom. The van der Waals surface area contributed by atoms with E-state index in [1.54, 1.807) is 12.1 Å². The van der Waals surface area contributed by atoms with Gasteiger partial charge < -0.3 is 11.1 Å². The van der Waals surface area contributed by atoms with Crippen LogP contribution in [-0.2, 0) is 0 Å². The maximum Gasteiger partial charge on any atom is 0.130 e. The standard InChI is InChI=1S/C15H14N4.ClH/c16-8-10-2-1-3-12(6-10)19-15-5-4-11(9-18-15)13-7-14(13)17;/h1-6,9,13-14H,7,17H2,(H,18,19);1H/t13-,14+;/m1./s1. The molecule has 3 N–H and O–H groups in total. The van der Waals surface area contributed by atoms with Crippen LogP contribution < -0.4 is 11.1 Å². The highest BCUT2D eigenvalue weighted by Crippen LogP contribution is 2.38. The van der Waals surface area contributed by atoms with E-state index >= 15 is 0 Å². The molecule has 2 atom stereocenters. The van der Waals surface area contributed by atoms with Crippen molar-refractivity contribution in [3.8, 4) is 6.07 Å². The van der Waals surface area contributed by atoms with Gasteiger partial charge in [-0.15, -0.1) is 12.4 Å². The van der Waals surface area contributed by atoms with Crippen LogP contribution in [0.1, 0.15) is 23.5 Å². The van der Waals surface area contributed by atoms with E-state index < -0.39 is 0 Å². The van der Waals surface area contributed by atoms with Crippen molar-refractivity contribution in [2.75, 3.05) is 5.32 Å². The zero-order valence-corrected chi connectivity index (χ0v) is 11.6. The first-order chi connectivity index (χ1) is 9.26. The molecule has 3 rings (SSSR count). The molecule has 2 aromatic rings. The summed E-state index contributed by atoms with van der Waals surface area (Å²) in [7, 11) is 0. The number of nitrogens with zero attached hydrogens (tertiary/aromatic N) is 2. The van der Waals surface area contributed by atoms with E-state index in [1.807, 2.05) is 24.4 Å². The van der Waals surface area contributed by atoms with Gasteiger partial charge in [-0.25, -0.2) is 4.98 Å². The van der Waals surface area contributed by atoms with E-state index in [0.29, 0.717) is 17.5 Å². The molecule has 1 heterocycles. The number of nitriles is 1. The fourth-order valence-electron chi connectivity index (χ4n) is 2.11. The summed E-state index contributed by atoms with van der Waals surface area (Å²) in [6.07, 6.45) is 2.92. The molecule has 0 bridgehead atoms. The van der Waals surface area contributed by atoms with Gasteiger partial charge in [0.25, 0.3) is 0 Å². The van der Waals surface area contributed by atoms with E-state index in [2.05, 4.69) is 22.4 Å². The monoisotopic (exact) mass is 286 g/mol. The summed E-state index contributed by atoms with van der Waals surface area (Å²) in [6.45, 7) is 0. The summed E-state index contributed by atoms with van der Waals surface area (Å²) in [5.74, 6) is 1.25. The van der Waals surface area contributed by atoms with Crippen molar-refractivity contribution in [2.45, 2.75) is 18.4 Å². The van der Waals surface area contributed by atoms with Crippen molar-refractivity contribution in [1.82, 2.24) is 4.98 Å². The first-order valence-electron chi connectivity index (χ1n) is 6.25. The number of anilines is 2. The number of rotatable bonds is 3. The molecule has 1 aromatic carbocycles. The SMILES string of the molecule is Cl.N#Cc1cccc(Nc2ccc([C@H]3C[C@@H]3N)cn2)c1. The zero-order valence-electron chi connectivity index (χ0n) is 10.8. The van der Waals surface area contributed by atoms with Crippen molar-refractivity contribution >= 4 is 23.9 Å². The lowest BCUT2D eigenvalue weighted by atomic mass is 10.2. The van der Waals surface area contributed by atoms with Crippen LogP contribution in [0.25, 0.3) is 0 Å². The highest BCUT2D eigenvalue weighted by atomic mass is 35.5.